The molecule has 8 heteroatoms. The van der Waals surface area contributed by atoms with Crippen molar-refractivity contribution in [3.63, 3.8) is 0 Å². The van der Waals surface area contributed by atoms with Crippen LogP contribution < -0.4 is 5.32 Å². The molecule has 0 aliphatic carbocycles. The van der Waals surface area contributed by atoms with E-state index in [0.29, 0.717) is 32.1 Å². The third kappa shape index (κ3) is 5.76. The van der Waals surface area contributed by atoms with E-state index in [1.807, 2.05) is 0 Å². The van der Waals surface area contributed by atoms with E-state index in [4.69, 9.17) is 14.6 Å². The summed E-state index contributed by atoms with van der Waals surface area (Å²) < 4.78 is 10.1. The lowest BCUT2D eigenvalue weighted by molar-refractivity contribution is -0.385. The number of hydrogen-bond acceptors (Lipinski definition) is 6. The van der Waals surface area contributed by atoms with Gasteiger partial charge < -0.3 is 19.9 Å². The number of carboxylic acid groups (broad SMARTS) is 1. The normalized spacial score (nSPS) is 10.3. The summed E-state index contributed by atoms with van der Waals surface area (Å²) in [4.78, 5) is 21.0. The van der Waals surface area contributed by atoms with Crippen LogP contribution in [0.5, 0.6) is 0 Å². The summed E-state index contributed by atoms with van der Waals surface area (Å²) >= 11 is 0. The van der Waals surface area contributed by atoms with Crippen LogP contribution >= 0.6 is 0 Å². The Bertz CT molecular complexity index is 492. The van der Waals surface area contributed by atoms with Crippen molar-refractivity contribution in [3.05, 3.63) is 33.9 Å². The molecule has 0 aliphatic heterocycles. The molecule has 0 fully saturated rings. The summed E-state index contributed by atoms with van der Waals surface area (Å²) in [5.74, 6) is -1.33. The van der Waals surface area contributed by atoms with Crippen molar-refractivity contribution >= 4 is 17.3 Å². The number of carboxylic acids is 1. The van der Waals surface area contributed by atoms with Crippen LogP contribution in [0.4, 0.5) is 11.4 Å². The third-order valence-corrected chi connectivity index (χ3v) is 2.65. The molecule has 0 unspecified atom stereocenters. The van der Waals surface area contributed by atoms with Crippen molar-refractivity contribution in [3.8, 4) is 0 Å². The zero-order chi connectivity index (χ0) is 15.7. The molecular formula is C13H18N2O6. The third-order valence-electron chi connectivity index (χ3n) is 2.65. The minimum Gasteiger partial charge on any atom is -0.477 e. The Morgan fingerprint density at radius 1 is 1.38 bits per heavy atom. The average molecular weight is 298 g/mol. The smallest absolute Gasteiger partial charge is 0.342 e. The molecule has 116 valence electrons. The highest BCUT2D eigenvalue weighted by Crippen LogP contribution is 2.22. The maximum Gasteiger partial charge on any atom is 0.342 e. The van der Waals surface area contributed by atoms with Gasteiger partial charge in [0.05, 0.1) is 18.1 Å². The van der Waals surface area contributed by atoms with Gasteiger partial charge in [0.1, 0.15) is 5.56 Å². The van der Waals surface area contributed by atoms with Crippen molar-refractivity contribution in [2.75, 3.05) is 38.8 Å². The molecule has 0 spiro atoms. The summed E-state index contributed by atoms with van der Waals surface area (Å²) in [6.07, 6.45) is 0.725. The first-order chi connectivity index (χ1) is 10.1. The number of ether oxygens (including phenoxy) is 2. The Kier molecular flexibility index (Phi) is 7.13. The van der Waals surface area contributed by atoms with E-state index in [1.165, 1.54) is 18.2 Å². The van der Waals surface area contributed by atoms with Gasteiger partial charge in [-0.15, -0.1) is 0 Å². The molecule has 1 rings (SSSR count). The number of methoxy groups -OCH3 is 1. The van der Waals surface area contributed by atoms with E-state index < -0.39 is 16.6 Å². The maximum absolute atomic E-state index is 11.0. The summed E-state index contributed by atoms with van der Waals surface area (Å²) in [5.41, 5.74) is -0.229. The van der Waals surface area contributed by atoms with Gasteiger partial charge in [-0.25, -0.2) is 4.79 Å². The molecule has 0 radical (unpaired) electrons. The fraction of sp³-hybridized carbons (Fsp3) is 0.462. The second-order valence-corrected chi connectivity index (χ2v) is 4.18. The minimum atomic E-state index is -1.33. The zero-order valence-corrected chi connectivity index (χ0v) is 11.7. The first-order valence-electron chi connectivity index (χ1n) is 6.38. The second-order valence-electron chi connectivity index (χ2n) is 4.18. The van der Waals surface area contributed by atoms with Crippen LogP contribution in [0.25, 0.3) is 0 Å². The van der Waals surface area contributed by atoms with Gasteiger partial charge in [-0.1, -0.05) is 0 Å². The summed E-state index contributed by atoms with van der Waals surface area (Å²) in [5, 5.41) is 22.7. The summed E-state index contributed by atoms with van der Waals surface area (Å²) in [6.45, 7) is 2.19. The van der Waals surface area contributed by atoms with Crippen LogP contribution in [0.2, 0.25) is 0 Å². The van der Waals surface area contributed by atoms with Crippen LogP contribution in [0, 0.1) is 10.1 Å². The van der Waals surface area contributed by atoms with Crippen molar-refractivity contribution in [1.82, 2.24) is 0 Å². The molecule has 0 saturated carbocycles. The van der Waals surface area contributed by atoms with Gasteiger partial charge in [-0.05, 0) is 18.6 Å². The number of rotatable bonds is 10. The van der Waals surface area contributed by atoms with Gasteiger partial charge in [0.2, 0.25) is 0 Å². The molecule has 1 aromatic rings. The number of hydrogen-bond donors (Lipinski definition) is 2. The molecule has 21 heavy (non-hydrogen) atoms. The summed E-state index contributed by atoms with van der Waals surface area (Å²) in [7, 11) is 1.60. The predicted octanol–water partition coefficient (Wildman–Crippen LogP) is 1.76. The highest BCUT2D eigenvalue weighted by atomic mass is 16.6. The van der Waals surface area contributed by atoms with Gasteiger partial charge in [0.15, 0.2) is 0 Å². The Hall–Kier alpha value is -2.19. The first kappa shape index (κ1) is 16.9. The van der Waals surface area contributed by atoms with Crippen LogP contribution in [-0.2, 0) is 9.47 Å². The van der Waals surface area contributed by atoms with Crippen molar-refractivity contribution < 1.29 is 24.3 Å². The molecule has 0 heterocycles. The molecule has 0 bridgehead atoms. The van der Waals surface area contributed by atoms with Crippen LogP contribution in [0.3, 0.4) is 0 Å². The maximum atomic E-state index is 11.0. The highest BCUT2D eigenvalue weighted by Gasteiger charge is 2.19. The minimum absolute atomic E-state index is 0.332. The number of benzene rings is 1. The Morgan fingerprint density at radius 3 is 2.76 bits per heavy atom. The van der Waals surface area contributed by atoms with Crippen LogP contribution in [0.15, 0.2) is 18.2 Å². The average Bonchev–Trinajstić information content (AvgIpc) is 2.46. The highest BCUT2D eigenvalue weighted by molar-refractivity contribution is 5.93. The SMILES string of the molecule is COCCOCCCNc1ccc([N+](=O)[O-])c(C(=O)O)c1. The van der Waals surface area contributed by atoms with E-state index in [-0.39, 0.29) is 5.56 Å². The molecule has 1 aromatic carbocycles. The van der Waals surface area contributed by atoms with E-state index in [2.05, 4.69) is 5.32 Å². The quantitative estimate of drug-likeness (QED) is 0.384. The Labute approximate surface area is 121 Å². The molecule has 0 amide bonds. The lowest BCUT2D eigenvalue weighted by Crippen LogP contribution is -2.09. The topological polar surface area (TPSA) is 111 Å². The molecule has 0 saturated heterocycles. The fourth-order valence-electron chi connectivity index (χ4n) is 1.63. The number of nitrogens with zero attached hydrogens (tertiary/aromatic N) is 1. The van der Waals surface area contributed by atoms with E-state index in [9.17, 15) is 14.9 Å². The molecule has 8 nitrogen and oxygen atoms in total. The number of nitro benzene ring substituents is 1. The van der Waals surface area contributed by atoms with Gasteiger partial charge in [0, 0.05) is 32.0 Å². The first-order valence-corrected chi connectivity index (χ1v) is 6.38. The van der Waals surface area contributed by atoms with Crippen LogP contribution in [0.1, 0.15) is 16.8 Å². The van der Waals surface area contributed by atoms with E-state index in [1.54, 1.807) is 7.11 Å². The van der Waals surface area contributed by atoms with Crippen molar-refractivity contribution in [2.45, 2.75) is 6.42 Å². The largest absolute Gasteiger partial charge is 0.477 e. The van der Waals surface area contributed by atoms with Crippen molar-refractivity contribution in [2.24, 2.45) is 0 Å². The molecule has 0 aliphatic rings. The van der Waals surface area contributed by atoms with E-state index in [0.717, 1.165) is 6.42 Å². The van der Waals surface area contributed by atoms with Gasteiger partial charge in [-0.2, -0.15) is 0 Å². The number of nitro groups is 1. The van der Waals surface area contributed by atoms with Gasteiger partial charge in [-0.3, -0.25) is 10.1 Å². The molecule has 0 atom stereocenters. The van der Waals surface area contributed by atoms with Gasteiger partial charge in [0.25, 0.3) is 5.69 Å². The summed E-state index contributed by atoms with van der Waals surface area (Å²) in [6, 6.07) is 3.92. The van der Waals surface area contributed by atoms with E-state index >= 15 is 0 Å². The number of aromatic carboxylic acids is 1. The Morgan fingerprint density at radius 2 is 2.14 bits per heavy atom. The monoisotopic (exact) mass is 298 g/mol. The number of nitrogens with one attached hydrogen (secondary N) is 1. The lowest BCUT2D eigenvalue weighted by atomic mass is 10.1. The Balaban J connectivity index is 2.47. The fourth-order valence-corrected chi connectivity index (χ4v) is 1.63. The van der Waals surface area contributed by atoms with Crippen molar-refractivity contribution in [1.29, 1.82) is 0 Å². The lowest BCUT2D eigenvalue weighted by Gasteiger charge is -2.08. The molecule has 2 N–H and O–H groups in total. The number of anilines is 1. The predicted molar refractivity (Wildman–Crippen MR) is 75.9 cm³/mol. The molecule has 0 aromatic heterocycles. The number of carbonyl (C=O) groups is 1. The van der Waals surface area contributed by atoms with Crippen LogP contribution in [-0.4, -0.2) is 49.5 Å². The van der Waals surface area contributed by atoms with Gasteiger partial charge >= 0.3 is 5.97 Å². The standard InChI is InChI=1S/C13H18N2O6/c1-20-7-8-21-6-2-5-14-10-3-4-12(15(18)19)11(9-10)13(16)17/h3-4,9,14H,2,5-8H2,1H3,(H,16,17). The molecular weight excluding hydrogens is 280 g/mol. The zero-order valence-electron chi connectivity index (χ0n) is 11.7. The second kappa shape index (κ2) is 8.88.